The number of hydrogen-bond donors (Lipinski definition) is 2. The van der Waals surface area contributed by atoms with Crippen LogP contribution in [0.1, 0.15) is 17.3 Å². The van der Waals surface area contributed by atoms with E-state index in [0.29, 0.717) is 23.5 Å². The lowest BCUT2D eigenvalue weighted by atomic mass is 10.1. The lowest BCUT2D eigenvalue weighted by Gasteiger charge is -2.35. The second-order valence-corrected chi connectivity index (χ2v) is 7.39. The zero-order valence-electron chi connectivity index (χ0n) is 17.2. The van der Waals surface area contributed by atoms with Gasteiger partial charge in [-0.15, -0.1) is 0 Å². The quantitative estimate of drug-likeness (QED) is 0.699. The second-order valence-electron chi connectivity index (χ2n) is 6.99. The van der Waals surface area contributed by atoms with E-state index in [9.17, 15) is 9.59 Å². The number of rotatable bonds is 7. The molecule has 160 valence electrons. The largest absolute Gasteiger partial charge is 0.496 e. The lowest BCUT2D eigenvalue weighted by Crippen LogP contribution is -2.48. The van der Waals surface area contributed by atoms with Gasteiger partial charge in [0.05, 0.1) is 23.4 Å². The number of halogens is 1. The number of hydrogen-bond acceptors (Lipinski definition) is 6. The third-order valence-electron chi connectivity index (χ3n) is 4.90. The van der Waals surface area contributed by atoms with E-state index in [1.807, 2.05) is 18.2 Å². The summed E-state index contributed by atoms with van der Waals surface area (Å²) in [4.78, 5) is 32.9. The van der Waals surface area contributed by atoms with E-state index < -0.39 is 0 Å². The first kappa shape index (κ1) is 21.9. The molecule has 0 spiro atoms. The van der Waals surface area contributed by atoms with Crippen molar-refractivity contribution in [2.75, 3.05) is 56.6 Å². The minimum atomic E-state index is -0.268. The molecule has 0 atom stereocenters. The first-order chi connectivity index (χ1) is 14.5. The number of carbonyl (C=O) groups is 2. The Kier molecular flexibility index (Phi) is 7.48. The van der Waals surface area contributed by atoms with Crippen molar-refractivity contribution in [3.63, 3.8) is 0 Å². The van der Waals surface area contributed by atoms with Gasteiger partial charge >= 0.3 is 0 Å². The molecule has 0 saturated carbocycles. The number of anilines is 2. The summed E-state index contributed by atoms with van der Waals surface area (Å²) < 4.78 is 5.30. The van der Waals surface area contributed by atoms with Gasteiger partial charge in [0.1, 0.15) is 11.6 Å². The van der Waals surface area contributed by atoms with Gasteiger partial charge in [0.15, 0.2) is 0 Å². The van der Waals surface area contributed by atoms with E-state index in [2.05, 4.69) is 25.4 Å². The van der Waals surface area contributed by atoms with Crippen molar-refractivity contribution >= 4 is 34.9 Å². The number of pyridine rings is 1. The smallest absolute Gasteiger partial charge is 0.255 e. The Bertz CT molecular complexity index is 886. The number of aromatic nitrogens is 1. The Morgan fingerprint density at radius 3 is 2.60 bits per heavy atom. The van der Waals surface area contributed by atoms with Gasteiger partial charge in [0, 0.05) is 58.5 Å². The fraction of sp³-hybridized carbons (Fsp3) is 0.381. The molecule has 1 aliphatic rings. The summed E-state index contributed by atoms with van der Waals surface area (Å²) in [5, 5.41) is 5.82. The highest BCUT2D eigenvalue weighted by atomic mass is 35.5. The van der Waals surface area contributed by atoms with E-state index in [0.717, 1.165) is 38.5 Å². The number of nitrogens with one attached hydrogen (secondary N) is 2. The molecular weight excluding hydrogens is 406 g/mol. The van der Waals surface area contributed by atoms with E-state index in [1.165, 1.54) is 20.1 Å². The molecule has 2 heterocycles. The van der Waals surface area contributed by atoms with Crippen molar-refractivity contribution in [1.82, 2.24) is 15.2 Å². The molecule has 0 aliphatic carbocycles. The van der Waals surface area contributed by atoms with Crippen LogP contribution in [0.5, 0.6) is 5.75 Å². The van der Waals surface area contributed by atoms with Gasteiger partial charge in [-0.25, -0.2) is 4.98 Å². The molecule has 1 fully saturated rings. The number of methoxy groups -OCH3 is 1. The Morgan fingerprint density at radius 2 is 1.97 bits per heavy atom. The Balaban J connectivity index is 1.50. The third kappa shape index (κ3) is 5.61. The normalized spacial score (nSPS) is 14.3. The zero-order chi connectivity index (χ0) is 21.5. The third-order valence-corrected chi connectivity index (χ3v) is 5.22. The second kappa shape index (κ2) is 10.3. The number of carbonyl (C=O) groups excluding carboxylic acids is 2. The molecule has 8 nitrogen and oxygen atoms in total. The zero-order valence-corrected chi connectivity index (χ0v) is 17.9. The van der Waals surface area contributed by atoms with Crippen molar-refractivity contribution in [2.24, 2.45) is 0 Å². The molecule has 1 aromatic carbocycles. The van der Waals surface area contributed by atoms with Crippen molar-refractivity contribution in [3.8, 4) is 5.75 Å². The summed E-state index contributed by atoms with van der Waals surface area (Å²) in [7, 11) is 1.47. The topological polar surface area (TPSA) is 86.8 Å². The summed E-state index contributed by atoms with van der Waals surface area (Å²) in [5.41, 5.74) is 0.736. The van der Waals surface area contributed by atoms with Crippen LogP contribution in [0.2, 0.25) is 5.02 Å². The first-order valence-electron chi connectivity index (χ1n) is 9.79. The van der Waals surface area contributed by atoms with Crippen LogP contribution in [0.4, 0.5) is 11.5 Å². The molecular formula is C21H26ClN5O3. The number of nitrogens with zero attached hydrogens (tertiary/aromatic N) is 3. The van der Waals surface area contributed by atoms with Crippen LogP contribution in [-0.4, -0.2) is 68.1 Å². The van der Waals surface area contributed by atoms with Crippen LogP contribution in [-0.2, 0) is 4.79 Å². The summed E-state index contributed by atoms with van der Waals surface area (Å²) >= 11 is 6.20. The van der Waals surface area contributed by atoms with E-state index in [-0.39, 0.29) is 16.8 Å². The number of ether oxygens (including phenoxy) is 1. The predicted molar refractivity (Wildman–Crippen MR) is 118 cm³/mol. The number of amides is 2. The van der Waals surface area contributed by atoms with E-state index in [4.69, 9.17) is 16.3 Å². The minimum Gasteiger partial charge on any atom is -0.496 e. The Morgan fingerprint density at radius 1 is 1.20 bits per heavy atom. The predicted octanol–water partition coefficient (Wildman–Crippen LogP) is 2.25. The van der Waals surface area contributed by atoms with Crippen LogP contribution >= 0.6 is 11.6 Å². The summed E-state index contributed by atoms with van der Waals surface area (Å²) in [5.74, 6) is 0.830. The molecule has 3 rings (SSSR count). The highest BCUT2D eigenvalue weighted by molar-refractivity contribution is 6.34. The summed E-state index contributed by atoms with van der Waals surface area (Å²) in [6.07, 6.45) is 1.81. The molecule has 1 saturated heterocycles. The summed E-state index contributed by atoms with van der Waals surface area (Å²) in [6.45, 7) is 6.27. The van der Waals surface area contributed by atoms with Crippen LogP contribution in [0.25, 0.3) is 0 Å². The minimum absolute atomic E-state index is 0.251. The maximum absolute atomic E-state index is 12.6. The molecule has 9 heteroatoms. The average molecular weight is 432 g/mol. The van der Waals surface area contributed by atoms with Gasteiger partial charge in [-0.1, -0.05) is 17.7 Å². The van der Waals surface area contributed by atoms with Crippen molar-refractivity contribution in [3.05, 3.63) is 47.1 Å². The lowest BCUT2D eigenvalue weighted by molar-refractivity contribution is -0.114. The SMILES string of the molecule is COc1cc(NC(C)=O)c(Cl)cc1C(=O)NCCN1CCN(c2ccccn2)CC1. The summed E-state index contributed by atoms with van der Waals surface area (Å²) in [6, 6.07) is 8.99. The fourth-order valence-electron chi connectivity index (χ4n) is 3.35. The van der Waals surface area contributed by atoms with Gasteiger partial charge in [0.2, 0.25) is 5.91 Å². The van der Waals surface area contributed by atoms with Gasteiger partial charge in [-0.2, -0.15) is 0 Å². The van der Waals surface area contributed by atoms with Gasteiger partial charge in [0.25, 0.3) is 5.91 Å². The molecule has 0 unspecified atom stereocenters. The standard InChI is InChI=1S/C21H26ClN5O3/c1-15(28)25-18-14-19(30-2)16(13-17(18)22)21(29)24-7-8-26-9-11-27(12-10-26)20-5-3-4-6-23-20/h3-6,13-14H,7-12H2,1-2H3,(H,24,29)(H,25,28). The molecule has 2 N–H and O–H groups in total. The first-order valence-corrected chi connectivity index (χ1v) is 10.2. The maximum Gasteiger partial charge on any atom is 0.255 e. The van der Waals surface area contributed by atoms with Crippen LogP contribution in [0, 0.1) is 0 Å². The van der Waals surface area contributed by atoms with Gasteiger partial charge in [-0.05, 0) is 18.2 Å². The number of piperazine rings is 1. The highest BCUT2D eigenvalue weighted by Gasteiger charge is 2.19. The van der Waals surface area contributed by atoms with Gasteiger partial charge < -0.3 is 20.3 Å². The fourth-order valence-corrected chi connectivity index (χ4v) is 3.56. The molecule has 1 aromatic heterocycles. The van der Waals surface area contributed by atoms with Gasteiger partial charge in [-0.3, -0.25) is 14.5 Å². The Hall–Kier alpha value is -2.84. The molecule has 0 radical (unpaired) electrons. The van der Waals surface area contributed by atoms with Crippen molar-refractivity contribution in [2.45, 2.75) is 6.92 Å². The Labute approximate surface area is 181 Å². The molecule has 0 bridgehead atoms. The van der Waals surface area contributed by atoms with Crippen LogP contribution < -0.4 is 20.3 Å². The van der Waals surface area contributed by atoms with Crippen molar-refractivity contribution < 1.29 is 14.3 Å². The molecule has 2 aromatic rings. The van der Waals surface area contributed by atoms with Crippen molar-refractivity contribution in [1.29, 1.82) is 0 Å². The van der Waals surface area contributed by atoms with E-state index in [1.54, 1.807) is 12.3 Å². The average Bonchev–Trinajstić information content (AvgIpc) is 2.75. The molecule has 1 aliphatic heterocycles. The molecule has 30 heavy (non-hydrogen) atoms. The highest BCUT2D eigenvalue weighted by Crippen LogP contribution is 2.31. The number of benzene rings is 1. The van der Waals surface area contributed by atoms with Crippen LogP contribution in [0.3, 0.4) is 0 Å². The van der Waals surface area contributed by atoms with E-state index >= 15 is 0 Å². The van der Waals surface area contributed by atoms with Crippen LogP contribution in [0.15, 0.2) is 36.5 Å². The molecule has 2 amide bonds. The monoisotopic (exact) mass is 431 g/mol. The maximum atomic E-state index is 12.6.